The highest BCUT2D eigenvalue weighted by molar-refractivity contribution is 5.73. The van der Waals surface area contributed by atoms with Crippen LogP contribution in [0.4, 0.5) is 4.48 Å². The van der Waals surface area contributed by atoms with E-state index in [1.165, 1.54) is 0 Å². The van der Waals surface area contributed by atoms with E-state index in [0.717, 1.165) is 16.7 Å². The Morgan fingerprint density at radius 1 is 0.778 bits per heavy atom. The van der Waals surface area contributed by atoms with Crippen molar-refractivity contribution >= 4 is 5.97 Å². The summed E-state index contributed by atoms with van der Waals surface area (Å²) in [5.41, 5.74) is 4.34. The molecule has 0 spiro atoms. The molecule has 1 aliphatic heterocycles. The van der Waals surface area contributed by atoms with E-state index in [1.54, 1.807) is 5.54 Å². The van der Waals surface area contributed by atoms with Gasteiger partial charge in [-0.1, -0.05) is 91.0 Å². The molecule has 0 aliphatic carbocycles. The third kappa shape index (κ3) is 6.96. The Balaban J connectivity index is 1.55. The molecule has 1 aliphatic rings. The molecule has 3 aromatic rings. The highest BCUT2D eigenvalue weighted by atomic mass is 19.2. The Morgan fingerprint density at radius 2 is 1.25 bits per heavy atom. The second-order valence-electron chi connectivity index (χ2n) is 8.59. The average molecular weight is 496 g/mol. The van der Waals surface area contributed by atoms with Crippen LogP contribution < -0.4 is 5.54 Å². The summed E-state index contributed by atoms with van der Waals surface area (Å²) in [6.45, 7) is 0.720. The lowest BCUT2D eigenvalue weighted by Crippen LogP contribution is -2.65. The number of aliphatic carboxylic acids is 1. The van der Waals surface area contributed by atoms with Crippen molar-refractivity contribution in [2.75, 3.05) is 6.61 Å². The predicted octanol–water partition coefficient (Wildman–Crippen LogP) is 4.07. The number of hydrogen-bond acceptors (Lipinski definition) is 6. The van der Waals surface area contributed by atoms with Crippen molar-refractivity contribution in [1.82, 2.24) is 5.54 Å². The standard InChI is InChI=1S/C28H30FNO6/c29-30-24-26(35-18-22-14-8-3-9-15-22)25(34-17-21-12-6-2-7-13-21)23(36-27(24)28(31)32)19-33-16-20-10-4-1-5-11-20/h1-15,23-27,30H,16-19H2,(H,31,32)/t23-,24?,25?,26?,27?/m1/s1. The lowest BCUT2D eigenvalue weighted by atomic mass is 9.92. The molecule has 4 rings (SSSR count). The minimum absolute atomic E-state index is 0.0440. The maximum absolute atomic E-state index is 14.0. The largest absolute Gasteiger partial charge is 0.479 e. The van der Waals surface area contributed by atoms with E-state index in [4.69, 9.17) is 18.9 Å². The van der Waals surface area contributed by atoms with Crippen LogP contribution in [0.2, 0.25) is 0 Å². The van der Waals surface area contributed by atoms with Gasteiger partial charge in [0.2, 0.25) is 0 Å². The van der Waals surface area contributed by atoms with Crippen molar-refractivity contribution in [2.45, 2.75) is 50.3 Å². The van der Waals surface area contributed by atoms with Gasteiger partial charge >= 0.3 is 5.97 Å². The zero-order valence-electron chi connectivity index (χ0n) is 19.7. The maximum atomic E-state index is 14.0. The molecule has 0 radical (unpaired) electrons. The Hall–Kier alpha value is -3.14. The van der Waals surface area contributed by atoms with Gasteiger partial charge in [-0.15, -0.1) is 4.48 Å². The molecular formula is C28H30FNO6. The number of carboxylic acids is 1. The molecule has 1 heterocycles. The number of carboxylic acid groups (broad SMARTS) is 1. The predicted molar refractivity (Wildman–Crippen MR) is 130 cm³/mol. The van der Waals surface area contributed by atoms with Crippen LogP contribution in [-0.2, 0) is 43.6 Å². The molecule has 7 nitrogen and oxygen atoms in total. The summed E-state index contributed by atoms with van der Waals surface area (Å²) >= 11 is 0. The van der Waals surface area contributed by atoms with Crippen LogP contribution in [0.15, 0.2) is 91.0 Å². The molecular weight excluding hydrogens is 465 g/mol. The zero-order chi connectivity index (χ0) is 25.2. The Bertz CT molecular complexity index is 1060. The van der Waals surface area contributed by atoms with Crippen LogP contribution in [0, 0.1) is 0 Å². The monoisotopic (exact) mass is 495 g/mol. The van der Waals surface area contributed by atoms with Gasteiger partial charge in [-0.25, -0.2) is 4.79 Å². The van der Waals surface area contributed by atoms with Crippen molar-refractivity contribution in [1.29, 1.82) is 0 Å². The second-order valence-corrected chi connectivity index (χ2v) is 8.59. The van der Waals surface area contributed by atoms with Gasteiger partial charge in [-0.2, -0.15) is 5.54 Å². The fourth-order valence-electron chi connectivity index (χ4n) is 4.21. The van der Waals surface area contributed by atoms with Crippen molar-refractivity contribution in [2.24, 2.45) is 0 Å². The van der Waals surface area contributed by atoms with Gasteiger partial charge in [0, 0.05) is 0 Å². The Kier molecular flexibility index (Phi) is 9.54. The fourth-order valence-corrected chi connectivity index (χ4v) is 4.21. The van der Waals surface area contributed by atoms with Crippen LogP contribution in [0.25, 0.3) is 0 Å². The molecule has 4 unspecified atom stereocenters. The number of halogens is 1. The van der Waals surface area contributed by atoms with Gasteiger partial charge in [0.05, 0.1) is 26.4 Å². The molecule has 8 heteroatoms. The van der Waals surface area contributed by atoms with E-state index in [1.807, 2.05) is 91.0 Å². The minimum Gasteiger partial charge on any atom is -0.479 e. The number of ether oxygens (including phenoxy) is 4. The van der Waals surface area contributed by atoms with Gasteiger partial charge in [0.15, 0.2) is 6.10 Å². The summed E-state index contributed by atoms with van der Waals surface area (Å²) in [5.74, 6) is -1.30. The van der Waals surface area contributed by atoms with Crippen molar-refractivity contribution in [3.63, 3.8) is 0 Å². The highest BCUT2D eigenvalue weighted by Crippen LogP contribution is 2.29. The Labute approximate surface area is 209 Å². The first kappa shape index (κ1) is 25.9. The molecule has 3 aromatic carbocycles. The first-order valence-electron chi connectivity index (χ1n) is 11.8. The SMILES string of the molecule is O=C(O)C1O[C@H](COCc2ccccc2)C(OCc2ccccc2)C(OCc2ccccc2)C1NF. The number of nitrogens with one attached hydrogen (secondary N) is 1. The average Bonchev–Trinajstić information content (AvgIpc) is 2.92. The molecule has 0 amide bonds. The van der Waals surface area contributed by atoms with E-state index in [-0.39, 0.29) is 19.8 Å². The van der Waals surface area contributed by atoms with Gasteiger partial charge in [-0.3, -0.25) is 0 Å². The molecule has 0 saturated carbocycles. The fraction of sp³-hybridized carbons (Fsp3) is 0.321. The highest BCUT2D eigenvalue weighted by Gasteiger charge is 2.50. The molecule has 36 heavy (non-hydrogen) atoms. The molecule has 1 fully saturated rings. The minimum atomic E-state index is -1.49. The van der Waals surface area contributed by atoms with E-state index in [0.29, 0.717) is 6.61 Å². The maximum Gasteiger partial charge on any atom is 0.334 e. The third-order valence-electron chi connectivity index (χ3n) is 6.03. The molecule has 5 atom stereocenters. The van der Waals surface area contributed by atoms with Gasteiger partial charge in [-0.05, 0) is 16.7 Å². The first-order valence-corrected chi connectivity index (χ1v) is 11.8. The summed E-state index contributed by atoms with van der Waals surface area (Å²) in [7, 11) is 0. The van der Waals surface area contributed by atoms with Crippen LogP contribution >= 0.6 is 0 Å². The van der Waals surface area contributed by atoms with Crippen molar-refractivity contribution < 1.29 is 33.3 Å². The van der Waals surface area contributed by atoms with E-state index in [9.17, 15) is 14.4 Å². The summed E-state index contributed by atoms with van der Waals surface area (Å²) in [5, 5.41) is 9.79. The van der Waals surface area contributed by atoms with Crippen LogP contribution in [-0.4, -0.2) is 48.1 Å². The summed E-state index contributed by atoms with van der Waals surface area (Å²) < 4.78 is 38.1. The smallest absolute Gasteiger partial charge is 0.334 e. The first-order chi connectivity index (χ1) is 17.7. The molecule has 2 N–H and O–H groups in total. The van der Waals surface area contributed by atoms with Gasteiger partial charge < -0.3 is 24.1 Å². The van der Waals surface area contributed by atoms with E-state index < -0.39 is 36.4 Å². The lowest BCUT2D eigenvalue weighted by Gasteiger charge is -2.44. The van der Waals surface area contributed by atoms with E-state index in [2.05, 4.69) is 0 Å². The van der Waals surface area contributed by atoms with Gasteiger partial charge in [0.1, 0.15) is 24.4 Å². The van der Waals surface area contributed by atoms with Crippen LogP contribution in [0.3, 0.4) is 0 Å². The Morgan fingerprint density at radius 3 is 1.72 bits per heavy atom. The quantitative estimate of drug-likeness (QED) is 0.367. The molecule has 0 bridgehead atoms. The molecule has 190 valence electrons. The number of carbonyl (C=O) groups is 1. The lowest BCUT2D eigenvalue weighted by molar-refractivity contribution is -0.240. The topological polar surface area (TPSA) is 86.3 Å². The molecule has 1 saturated heterocycles. The van der Waals surface area contributed by atoms with Crippen molar-refractivity contribution in [3.8, 4) is 0 Å². The number of benzene rings is 3. The van der Waals surface area contributed by atoms with E-state index >= 15 is 0 Å². The van der Waals surface area contributed by atoms with Crippen LogP contribution in [0.1, 0.15) is 16.7 Å². The summed E-state index contributed by atoms with van der Waals surface area (Å²) in [6.07, 6.45) is -4.05. The second kappa shape index (κ2) is 13.2. The van der Waals surface area contributed by atoms with Crippen LogP contribution in [0.5, 0.6) is 0 Å². The summed E-state index contributed by atoms with van der Waals surface area (Å²) in [4.78, 5) is 12.0. The molecule has 0 aromatic heterocycles. The number of hydrogen-bond donors (Lipinski definition) is 2. The summed E-state index contributed by atoms with van der Waals surface area (Å²) in [6, 6.07) is 27.2. The third-order valence-corrected chi connectivity index (χ3v) is 6.03. The van der Waals surface area contributed by atoms with Crippen molar-refractivity contribution in [3.05, 3.63) is 108 Å². The van der Waals surface area contributed by atoms with Gasteiger partial charge in [0.25, 0.3) is 0 Å². The normalized spacial score (nSPS) is 23.9. The zero-order valence-corrected chi connectivity index (χ0v) is 19.7. The number of rotatable bonds is 12.